The van der Waals surface area contributed by atoms with E-state index >= 15 is 0 Å². The molecule has 1 atom stereocenters. The number of para-hydroxylation sites is 1. The van der Waals surface area contributed by atoms with Gasteiger partial charge in [0, 0.05) is 24.1 Å². The monoisotopic (exact) mass is 366 g/mol. The van der Waals surface area contributed by atoms with Crippen LogP contribution in [0.5, 0.6) is 5.75 Å². The number of nitrogens with one attached hydrogen (secondary N) is 1. The quantitative estimate of drug-likeness (QED) is 0.807. The second-order valence-corrected chi connectivity index (χ2v) is 7.66. The first-order chi connectivity index (χ1) is 13.0. The van der Waals surface area contributed by atoms with Crippen LogP contribution in [-0.2, 0) is 11.3 Å². The molecule has 1 aliphatic heterocycles. The molecule has 1 amide bonds. The first kappa shape index (κ1) is 19.4. The summed E-state index contributed by atoms with van der Waals surface area (Å²) in [4.78, 5) is 15.0. The Bertz CT molecular complexity index is 766. The third-order valence-electron chi connectivity index (χ3n) is 5.54. The van der Waals surface area contributed by atoms with Crippen LogP contribution >= 0.6 is 0 Å². The molecule has 0 saturated carbocycles. The lowest BCUT2D eigenvalue weighted by Gasteiger charge is -2.36. The van der Waals surface area contributed by atoms with Crippen molar-refractivity contribution < 1.29 is 9.53 Å². The van der Waals surface area contributed by atoms with Crippen molar-refractivity contribution in [3.8, 4) is 16.9 Å². The summed E-state index contributed by atoms with van der Waals surface area (Å²) in [5.41, 5.74) is 3.34. The molecule has 1 aliphatic rings. The highest BCUT2D eigenvalue weighted by atomic mass is 16.5. The van der Waals surface area contributed by atoms with Gasteiger partial charge in [-0.15, -0.1) is 0 Å². The largest absolute Gasteiger partial charge is 0.496 e. The topological polar surface area (TPSA) is 41.6 Å². The van der Waals surface area contributed by atoms with E-state index in [4.69, 9.17) is 4.74 Å². The molecule has 2 aromatic carbocycles. The molecule has 4 heteroatoms. The number of ether oxygens (including phenoxy) is 1. The highest BCUT2D eigenvalue weighted by Crippen LogP contribution is 2.30. The summed E-state index contributed by atoms with van der Waals surface area (Å²) in [5, 5.41) is 3.26. The standard InChI is InChI=1S/C23H30N2O2/c1-16(2)25(23(26)17(3)20-13-24-14-20)15-18-9-11-19(12-10-18)21-7-5-6-8-22(21)27-4/h5-12,16-17,20,24H,13-15H2,1-4H3. The Kier molecular flexibility index (Phi) is 6.17. The molecule has 1 unspecified atom stereocenters. The lowest BCUT2D eigenvalue weighted by atomic mass is 9.87. The Morgan fingerprint density at radius 3 is 2.33 bits per heavy atom. The van der Waals surface area contributed by atoms with Gasteiger partial charge in [0.05, 0.1) is 7.11 Å². The fraction of sp³-hybridized carbons (Fsp3) is 0.435. The summed E-state index contributed by atoms with van der Waals surface area (Å²) in [5.74, 6) is 1.66. The van der Waals surface area contributed by atoms with Gasteiger partial charge in [0.2, 0.25) is 5.91 Å². The molecule has 4 nitrogen and oxygen atoms in total. The van der Waals surface area contributed by atoms with Gasteiger partial charge in [-0.2, -0.15) is 0 Å². The molecular weight excluding hydrogens is 336 g/mol. The second-order valence-electron chi connectivity index (χ2n) is 7.66. The molecule has 0 aliphatic carbocycles. The molecule has 1 saturated heterocycles. The first-order valence-electron chi connectivity index (χ1n) is 9.74. The number of nitrogens with zero attached hydrogens (tertiary/aromatic N) is 1. The summed E-state index contributed by atoms with van der Waals surface area (Å²) in [6, 6.07) is 16.6. The maximum absolute atomic E-state index is 13.0. The number of carbonyl (C=O) groups excluding carboxylic acids is 1. The van der Waals surface area contributed by atoms with Gasteiger partial charge >= 0.3 is 0 Å². The Morgan fingerprint density at radius 2 is 1.78 bits per heavy atom. The summed E-state index contributed by atoms with van der Waals surface area (Å²) in [6.45, 7) is 8.79. The molecule has 3 rings (SSSR count). The molecule has 0 bridgehead atoms. The van der Waals surface area contributed by atoms with E-state index < -0.39 is 0 Å². The predicted molar refractivity (Wildman–Crippen MR) is 110 cm³/mol. The number of amides is 1. The van der Waals surface area contributed by atoms with Crippen molar-refractivity contribution in [2.75, 3.05) is 20.2 Å². The third kappa shape index (κ3) is 4.33. The van der Waals surface area contributed by atoms with Gasteiger partial charge in [0.15, 0.2) is 0 Å². The van der Waals surface area contributed by atoms with Crippen LogP contribution < -0.4 is 10.1 Å². The lowest BCUT2D eigenvalue weighted by Crippen LogP contribution is -2.51. The second kappa shape index (κ2) is 8.57. The Balaban J connectivity index is 1.74. The SMILES string of the molecule is COc1ccccc1-c1ccc(CN(C(=O)C(C)C2CNC2)C(C)C)cc1. The fourth-order valence-corrected chi connectivity index (χ4v) is 3.51. The fourth-order valence-electron chi connectivity index (χ4n) is 3.51. The van der Waals surface area contributed by atoms with Crippen LogP contribution in [0, 0.1) is 11.8 Å². The van der Waals surface area contributed by atoms with Crippen LogP contribution in [0.4, 0.5) is 0 Å². The van der Waals surface area contributed by atoms with Gasteiger partial charge in [-0.3, -0.25) is 4.79 Å². The van der Waals surface area contributed by atoms with E-state index in [2.05, 4.69) is 56.4 Å². The smallest absolute Gasteiger partial charge is 0.226 e. The van der Waals surface area contributed by atoms with Crippen LogP contribution in [0.25, 0.3) is 11.1 Å². The van der Waals surface area contributed by atoms with Crippen LogP contribution in [0.15, 0.2) is 48.5 Å². The van der Waals surface area contributed by atoms with Gasteiger partial charge in [0.1, 0.15) is 5.75 Å². The Labute approximate surface area is 162 Å². The molecule has 2 aromatic rings. The number of hydrogen-bond acceptors (Lipinski definition) is 3. The third-order valence-corrected chi connectivity index (χ3v) is 5.54. The average molecular weight is 367 g/mol. The minimum atomic E-state index is 0.0708. The minimum absolute atomic E-state index is 0.0708. The molecule has 1 heterocycles. The Morgan fingerprint density at radius 1 is 1.11 bits per heavy atom. The van der Waals surface area contributed by atoms with Gasteiger partial charge in [-0.1, -0.05) is 49.4 Å². The number of hydrogen-bond donors (Lipinski definition) is 1. The lowest BCUT2D eigenvalue weighted by molar-refractivity contribution is -0.139. The zero-order valence-corrected chi connectivity index (χ0v) is 16.7. The van der Waals surface area contributed by atoms with Crippen molar-refractivity contribution >= 4 is 5.91 Å². The van der Waals surface area contributed by atoms with E-state index in [1.54, 1.807) is 7.11 Å². The number of methoxy groups -OCH3 is 1. The van der Waals surface area contributed by atoms with Crippen molar-refractivity contribution in [1.82, 2.24) is 10.2 Å². The van der Waals surface area contributed by atoms with Gasteiger partial charge in [-0.05, 0) is 50.0 Å². The van der Waals surface area contributed by atoms with Crippen LogP contribution in [-0.4, -0.2) is 37.0 Å². The van der Waals surface area contributed by atoms with Crippen molar-refractivity contribution in [3.63, 3.8) is 0 Å². The molecule has 0 aromatic heterocycles. The van der Waals surface area contributed by atoms with Crippen molar-refractivity contribution in [3.05, 3.63) is 54.1 Å². The number of rotatable bonds is 7. The van der Waals surface area contributed by atoms with E-state index in [9.17, 15) is 4.79 Å². The van der Waals surface area contributed by atoms with Crippen molar-refractivity contribution in [1.29, 1.82) is 0 Å². The van der Waals surface area contributed by atoms with E-state index in [-0.39, 0.29) is 17.9 Å². The van der Waals surface area contributed by atoms with Gasteiger partial charge in [0.25, 0.3) is 0 Å². The zero-order valence-electron chi connectivity index (χ0n) is 16.7. The molecular formula is C23H30N2O2. The van der Waals surface area contributed by atoms with E-state index in [1.807, 2.05) is 23.1 Å². The van der Waals surface area contributed by atoms with Crippen LogP contribution in [0.2, 0.25) is 0 Å². The predicted octanol–water partition coefficient (Wildman–Crippen LogP) is 3.95. The van der Waals surface area contributed by atoms with Crippen LogP contribution in [0.3, 0.4) is 0 Å². The molecule has 144 valence electrons. The molecule has 0 radical (unpaired) electrons. The van der Waals surface area contributed by atoms with E-state index in [1.165, 1.54) is 0 Å². The maximum atomic E-state index is 13.0. The average Bonchev–Trinajstić information content (AvgIpc) is 2.64. The molecule has 1 fully saturated rings. The molecule has 0 spiro atoms. The first-order valence-corrected chi connectivity index (χ1v) is 9.74. The number of benzene rings is 2. The highest BCUT2D eigenvalue weighted by Gasteiger charge is 2.32. The van der Waals surface area contributed by atoms with Crippen molar-refractivity contribution in [2.24, 2.45) is 11.8 Å². The minimum Gasteiger partial charge on any atom is -0.496 e. The van der Waals surface area contributed by atoms with Gasteiger partial charge < -0.3 is 15.0 Å². The van der Waals surface area contributed by atoms with Gasteiger partial charge in [-0.25, -0.2) is 0 Å². The van der Waals surface area contributed by atoms with E-state index in [0.717, 1.165) is 35.5 Å². The summed E-state index contributed by atoms with van der Waals surface area (Å²) >= 11 is 0. The normalized spacial score (nSPS) is 15.3. The Hall–Kier alpha value is -2.33. The zero-order chi connectivity index (χ0) is 19.4. The summed E-state index contributed by atoms with van der Waals surface area (Å²) in [6.07, 6.45) is 0. The molecule has 27 heavy (non-hydrogen) atoms. The van der Waals surface area contributed by atoms with Crippen LogP contribution in [0.1, 0.15) is 26.3 Å². The molecule has 1 N–H and O–H groups in total. The summed E-state index contributed by atoms with van der Waals surface area (Å²) < 4.78 is 5.46. The maximum Gasteiger partial charge on any atom is 0.226 e. The summed E-state index contributed by atoms with van der Waals surface area (Å²) in [7, 11) is 1.69. The highest BCUT2D eigenvalue weighted by molar-refractivity contribution is 5.79. The van der Waals surface area contributed by atoms with E-state index in [0.29, 0.717) is 12.5 Å². The number of carbonyl (C=O) groups is 1. The van der Waals surface area contributed by atoms with Crippen molar-refractivity contribution in [2.45, 2.75) is 33.4 Å².